The van der Waals surface area contributed by atoms with E-state index < -0.39 is 0 Å². The van der Waals surface area contributed by atoms with E-state index in [2.05, 4.69) is 44.2 Å². The van der Waals surface area contributed by atoms with Crippen molar-refractivity contribution in [2.45, 2.75) is 26.7 Å². The van der Waals surface area contributed by atoms with Crippen LogP contribution in [0.2, 0.25) is 0 Å². The molecule has 0 N–H and O–H groups in total. The van der Waals surface area contributed by atoms with E-state index in [9.17, 15) is 4.79 Å². The molecule has 106 valence electrons. The maximum atomic E-state index is 12.9. The molecule has 0 bridgehead atoms. The Bertz CT molecular complexity index is 765. The maximum Gasteiger partial charge on any atom is 0.203 e. The largest absolute Gasteiger partial charge is 0.288 e. The molecule has 0 aliphatic heterocycles. The highest BCUT2D eigenvalue weighted by Gasteiger charge is 2.16. The van der Waals surface area contributed by atoms with Gasteiger partial charge in [0.05, 0.1) is 4.88 Å². The summed E-state index contributed by atoms with van der Waals surface area (Å²) in [6, 6.07) is 16.5. The van der Waals surface area contributed by atoms with E-state index in [-0.39, 0.29) is 5.78 Å². The Morgan fingerprint density at radius 1 is 1.00 bits per heavy atom. The second kappa shape index (κ2) is 5.82. The van der Waals surface area contributed by atoms with E-state index in [1.54, 1.807) is 11.3 Å². The molecule has 1 heterocycles. The SMILES string of the molecule is CCc1ccc(CC)c(C(=O)c2cc3ccccc3s2)c1. The van der Waals surface area contributed by atoms with Crippen molar-refractivity contribution in [3.63, 3.8) is 0 Å². The predicted octanol–water partition coefficient (Wildman–Crippen LogP) is 5.26. The Morgan fingerprint density at radius 3 is 2.52 bits per heavy atom. The van der Waals surface area contributed by atoms with Crippen molar-refractivity contribution in [2.75, 3.05) is 0 Å². The van der Waals surface area contributed by atoms with E-state index in [1.807, 2.05) is 18.2 Å². The summed E-state index contributed by atoms with van der Waals surface area (Å²) in [6.45, 7) is 4.22. The topological polar surface area (TPSA) is 17.1 Å². The second-order valence-electron chi connectivity index (χ2n) is 5.18. The van der Waals surface area contributed by atoms with Crippen molar-refractivity contribution >= 4 is 27.2 Å². The summed E-state index contributed by atoms with van der Waals surface area (Å²) in [5, 5.41) is 1.15. The fourth-order valence-corrected chi connectivity index (χ4v) is 3.61. The van der Waals surface area contributed by atoms with Gasteiger partial charge in [-0.1, -0.05) is 44.2 Å². The van der Waals surface area contributed by atoms with Gasteiger partial charge < -0.3 is 0 Å². The molecule has 21 heavy (non-hydrogen) atoms. The summed E-state index contributed by atoms with van der Waals surface area (Å²) in [4.78, 5) is 13.7. The van der Waals surface area contributed by atoms with Gasteiger partial charge >= 0.3 is 0 Å². The molecule has 1 nitrogen and oxygen atoms in total. The van der Waals surface area contributed by atoms with Crippen LogP contribution in [-0.2, 0) is 12.8 Å². The molecular weight excluding hydrogens is 276 g/mol. The van der Waals surface area contributed by atoms with Gasteiger partial charge in [0.1, 0.15) is 0 Å². The summed E-state index contributed by atoms with van der Waals surface area (Å²) < 4.78 is 1.17. The molecule has 0 spiro atoms. The lowest BCUT2D eigenvalue weighted by Crippen LogP contribution is -2.04. The zero-order chi connectivity index (χ0) is 14.8. The molecule has 0 aliphatic rings. The highest BCUT2D eigenvalue weighted by molar-refractivity contribution is 7.21. The standard InChI is InChI=1S/C19H18OS/c1-3-13-9-10-14(4-2)16(11-13)19(20)18-12-15-7-5-6-8-17(15)21-18/h5-12H,3-4H2,1-2H3. The van der Waals surface area contributed by atoms with Gasteiger partial charge in [0.25, 0.3) is 0 Å². The van der Waals surface area contributed by atoms with Crippen LogP contribution in [-0.4, -0.2) is 5.78 Å². The molecule has 0 saturated carbocycles. The zero-order valence-corrected chi connectivity index (χ0v) is 13.2. The van der Waals surface area contributed by atoms with Gasteiger partial charge in [-0.3, -0.25) is 4.79 Å². The molecule has 3 aromatic rings. The van der Waals surface area contributed by atoms with Gasteiger partial charge in [-0.05, 0) is 47.6 Å². The molecule has 1 aromatic heterocycles. The number of carbonyl (C=O) groups excluding carboxylic acids is 1. The average Bonchev–Trinajstić information content (AvgIpc) is 2.97. The minimum Gasteiger partial charge on any atom is -0.288 e. The van der Waals surface area contributed by atoms with Gasteiger partial charge in [0.2, 0.25) is 5.78 Å². The van der Waals surface area contributed by atoms with Crippen molar-refractivity contribution in [3.05, 3.63) is 70.1 Å². The highest BCUT2D eigenvalue weighted by Crippen LogP contribution is 2.28. The molecule has 0 radical (unpaired) electrons. The lowest BCUT2D eigenvalue weighted by atomic mass is 9.97. The van der Waals surface area contributed by atoms with Crippen LogP contribution < -0.4 is 0 Å². The van der Waals surface area contributed by atoms with Crippen molar-refractivity contribution in [1.29, 1.82) is 0 Å². The highest BCUT2D eigenvalue weighted by atomic mass is 32.1. The van der Waals surface area contributed by atoms with Crippen LogP contribution in [0.15, 0.2) is 48.5 Å². The number of aryl methyl sites for hydroxylation is 2. The number of fused-ring (bicyclic) bond motifs is 1. The number of rotatable bonds is 4. The summed E-state index contributed by atoms with van der Waals surface area (Å²) in [5.41, 5.74) is 3.22. The zero-order valence-electron chi connectivity index (χ0n) is 12.3. The Kier molecular flexibility index (Phi) is 3.89. The van der Waals surface area contributed by atoms with Gasteiger partial charge in [-0.15, -0.1) is 11.3 Å². The number of thiophene rings is 1. The van der Waals surface area contributed by atoms with Gasteiger partial charge in [0, 0.05) is 10.3 Å². The van der Waals surface area contributed by atoms with E-state index in [0.717, 1.165) is 34.2 Å². The summed E-state index contributed by atoms with van der Waals surface area (Å²) in [6.07, 6.45) is 1.84. The van der Waals surface area contributed by atoms with E-state index in [4.69, 9.17) is 0 Å². The second-order valence-corrected chi connectivity index (χ2v) is 6.26. The van der Waals surface area contributed by atoms with E-state index in [0.29, 0.717) is 0 Å². The summed E-state index contributed by atoms with van der Waals surface area (Å²) >= 11 is 1.58. The van der Waals surface area contributed by atoms with Crippen LogP contribution in [0.3, 0.4) is 0 Å². The Balaban J connectivity index is 2.08. The van der Waals surface area contributed by atoms with Crippen molar-refractivity contribution in [3.8, 4) is 0 Å². The lowest BCUT2D eigenvalue weighted by Gasteiger charge is -2.08. The first kappa shape index (κ1) is 14.0. The first-order valence-electron chi connectivity index (χ1n) is 7.38. The third-order valence-electron chi connectivity index (χ3n) is 3.86. The average molecular weight is 294 g/mol. The molecule has 0 atom stereocenters. The monoisotopic (exact) mass is 294 g/mol. The fraction of sp³-hybridized carbons (Fsp3) is 0.211. The third-order valence-corrected chi connectivity index (χ3v) is 4.97. The quantitative estimate of drug-likeness (QED) is 0.600. The molecule has 2 heteroatoms. The molecule has 0 saturated heterocycles. The van der Waals surface area contributed by atoms with Crippen LogP contribution in [0.1, 0.15) is 40.2 Å². The minimum absolute atomic E-state index is 0.156. The normalized spacial score (nSPS) is 11.0. The third kappa shape index (κ3) is 2.64. The molecule has 3 rings (SSSR count). The molecule has 0 unspecified atom stereocenters. The molecule has 0 aliphatic carbocycles. The number of benzene rings is 2. The first-order valence-corrected chi connectivity index (χ1v) is 8.19. The maximum absolute atomic E-state index is 12.9. The van der Waals surface area contributed by atoms with Crippen molar-refractivity contribution in [2.24, 2.45) is 0 Å². The van der Waals surface area contributed by atoms with Gasteiger partial charge in [-0.25, -0.2) is 0 Å². The first-order chi connectivity index (χ1) is 10.2. The Labute approximate surface area is 129 Å². The van der Waals surface area contributed by atoms with E-state index >= 15 is 0 Å². The number of ketones is 1. The van der Waals surface area contributed by atoms with Crippen LogP contribution >= 0.6 is 11.3 Å². The van der Waals surface area contributed by atoms with Crippen molar-refractivity contribution in [1.82, 2.24) is 0 Å². The lowest BCUT2D eigenvalue weighted by molar-refractivity contribution is 0.104. The molecular formula is C19H18OS. The molecule has 0 fully saturated rings. The van der Waals surface area contributed by atoms with Gasteiger partial charge in [-0.2, -0.15) is 0 Å². The van der Waals surface area contributed by atoms with Crippen LogP contribution in [0.4, 0.5) is 0 Å². The molecule has 2 aromatic carbocycles. The van der Waals surface area contributed by atoms with Gasteiger partial charge in [0.15, 0.2) is 0 Å². The number of hydrogen-bond donors (Lipinski definition) is 0. The van der Waals surface area contributed by atoms with Crippen LogP contribution in [0.5, 0.6) is 0 Å². The Hall–Kier alpha value is -1.93. The summed E-state index contributed by atoms with van der Waals surface area (Å²) in [5.74, 6) is 0.156. The van der Waals surface area contributed by atoms with E-state index in [1.165, 1.54) is 10.3 Å². The van der Waals surface area contributed by atoms with Crippen molar-refractivity contribution < 1.29 is 4.79 Å². The van der Waals surface area contributed by atoms with Crippen LogP contribution in [0, 0.1) is 0 Å². The summed E-state index contributed by atoms with van der Waals surface area (Å²) in [7, 11) is 0. The number of carbonyl (C=O) groups is 1. The molecule has 0 amide bonds. The predicted molar refractivity (Wildman–Crippen MR) is 90.5 cm³/mol. The number of hydrogen-bond acceptors (Lipinski definition) is 2. The Morgan fingerprint density at radius 2 is 1.81 bits per heavy atom. The smallest absolute Gasteiger partial charge is 0.203 e. The fourth-order valence-electron chi connectivity index (χ4n) is 2.59. The van der Waals surface area contributed by atoms with Crippen LogP contribution in [0.25, 0.3) is 10.1 Å². The minimum atomic E-state index is 0.156.